The molecule has 0 aliphatic carbocycles. The zero-order chi connectivity index (χ0) is 38.9. The lowest BCUT2D eigenvalue weighted by Crippen LogP contribution is -2.10. The lowest BCUT2D eigenvalue weighted by Gasteiger charge is -2.27. The number of hydrogen-bond acceptors (Lipinski definition) is 3. The van der Waals surface area contributed by atoms with Crippen molar-refractivity contribution in [1.29, 1.82) is 0 Å². The largest absolute Gasteiger partial charge is 0.456 e. The molecule has 0 amide bonds. The maximum absolute atomic E-state index is 6.44. The predicted octanol–water partition coefficient (Wildman–Crippen LogP) is 16.7. The Labute approximate surface area is 345 Å². The van der Waals surface area contributed by atoms with Crippen LogP contribution in [0.25, 0.3) is 97.0 Å². The standard InChI is InChI=1S/C56H35NOS/c1-2-13-36(14-3-1)43-32-30-41(35-51(43)39-27-31-47-46-19-8-10-23-53(46)58-54(47)34-39)57(52-22-12-21-49-48-20-9-11-24-55(48)59-56(49)52)40-28-25-37(26-29-40)50-33-38-15-4-5-16-42(38)44-17-6-7-18-45(44)50/h1-35H. The number of nitrogens with zero attached hydrogens (tertiary/aromatic N) is 1. The van der Waals surface area contributed by atoms with Crippen molar-refractivity contribution in [2.45, 2.75) is 0 Å². The van der Waals surface area contributed by atoms with Gasteiger partial charge in [0.2, 0.25) is 0 Å². The van der Waals surface area contributed by atoms with E-state index in [2.05, 4.69) is 205 Å². The average Bonchev–Trinajstić information content (AvgIpc) is 3.88. The molecule has 12 aromatic rings. The minimum atomic E-state index is 0.886. The van der Waals surface area contributed by atoms with E-state index in [9.17, 15) is 0 Å². The van der Waals surface area contributed by atoms with E-state index in [-0.39, 0.29) is 0 Å². The van der Waals surface area contributed by atoms with Gasteiger partial charge in [0.05, 0.1) is 10.4 Å². The van der Waals surface area contributed by atoms with Gasteiger partial charge in [0, 0.05) is 37.6 Å². The first-order chi connectivity index (χ1) is 29.2. The topological polar surface area (TPSA) is 16.4 Å². The monoisotopic (exact) mass is 769 g/mol. The summed E-state index contributed by atoms with van der Waals surface area (Å²) in [6.07, 6.45) is 0. The summed E-state index contributed by atoms with van der Waals surface area (Å²) in [6, 6.07) is 77.1. The van der Waals surface area contributed by atoms with Crippen molar-refractivity contribution in [3.63, 3.8) is 0 Å². The molecule has 0 spiro atoms. The molecular weight excluding hydrogens is 735 g/mol. The number of para-hydroxylation sites is 1. The molecular formula is C56H35NOS. The van der Waals surface area contributed by atoms with Gasteiger partial charge in [0.1, 0.15) is 11.2 Å². The lowest BCUT2D eigenvalue weighted by molar-refractivity contribution is 0.669. The first-order valence-electron chi connectivity index (χ1n) is 20.1. The number of anilines is 3. The minimum Gasteiger partial charge on any atom is -0.456 e. The summed E-state index contributed by atoms with van der Waals surface area (Å²) >= 11 is 1.86. The van der Waals surface area contributed by atoms with Crippen LogP contribution in [0.1, 0.15) is 0 Å². The van der Waals surface area contributed by atoms with E-state index in [1.807, 2.05) is 23.5 Å². The molecule has 0 radical (unpaired) electrons. The molecule has 10 aromatic carbocycles. The fourth-order valence-corrected chi connectivity index (χ4v) is 10.3. The Hall–Kier alpha value is -7.46. The first kappa shape index (κ1) is 33.7. The van der Waals surface area contributed by atoms with Crippen LogP contribution in [-0.4, -0.2) is 0 Å². The first-order valence-corrected chi connectivity index (χ1v) is 20.9. The van der Waals surface area contributed by atoms with Gasteiger partial charge in [-0.3, -0.25) is 0 Å². The van der Waals surface area contributed by atoms with Gasteiger partial charge in [-0.25, -0.2) is 0 Å². The molecule has 2 heterocycles. The number of furan rings is 1. The van der Waals surface area contributed by atoms with Gasteiger partial charge in [-0.05, 0) is 116 Å². The van der Waals surface area contributed by atoms with E-state index in [0.29, 0.717) is 0 Å². The maximum atomic E-state index is 6.44. The summed E-state index contributed by atoms with van der Waals surface area (Å²) in [5.41, 5.74) is 12.1. The highest BCUT2D eigenvalue weighted by molar-refractivity contribution is 7.26. The highest BCUT2D eigenvalue weighted by Crippen LogP contribution is 2.47. The van der Waals surface area contributed by atoms with Crippen LogP contribution in [0.4, 0.5) is 17.1 Å². The van der Waals surface area contributed by atoms with E-state index in [1.165, 1.54) is 64.0 Å². The van der Waals surface area contributed by atoms with E-state index < -0.39 is 0 Å². The molecule has 0 unspecified atom stereocenters. The highest BCUT2D eigenvalue weighted by Gasteiger charge is 2.21. The Morgan fingerprint density at radius 3 is 1.85 bits per heavy atom. The summed E-state index contributed by atoms with van der Waals surface area (Å²) < 4.78 is 8.99. The number of rotatable bonds is 6. The zero-order valence-corrected chi connectivity index (χ0v) is 32.8. The normalized spacial score (nSPS) is 11.7. The molecule has 0 saturated carbocycles. The van der Waals surface area contributed by atoms with Crippen LogP contribution in [0.2, 0.25) is 0 Å². The summed E-state index contributed by atoms with van der Waals surface area (Å²) in [4.78, 5) is 2.44. The number of hydrogen-bond donors (Lipinski definition) is 0. The van der Waals surface area contributed by atoms with Crippen molar-refractivity contribution in [1.82, 2.24) is 0 Å². The number of thiophene rings is 1. The number of benzene rings is 10. The molecule has 0 atom stereocenters. The Balaban J connectivity index is 1.07. The maximum Gasteiger partial charge on any atom is 0.136 e. The average molecular weight is 770 g/mol. The van der Waals surface area contributed by atoms with Gasteiger partial charge >= 0.3 is 0 Å². The van der Waals surface area contributed by atoms with Crippen LogP contribution >= 0.6 is 11.3 Å². The van der Waals surface area contributed by atoms with Crippen molar-refractivity contribution < 1.29 is 4.42 Å². The fraction of sp³-hybridized carbons (Fsp3) is 0. The van der Waals surface area contributed by atoms with Crippen molar-refractivity contribution in [3.8, 4) is 33.4 Å². The molecule has 2 aromatic heterocycles. The smallest absolute Gasteiger partial charge is 0.136 e. The van der Waals surface area contributed by atoms with Crippen molar-refractivity contribution >= 4 is 92.1 Å². The van der Waals surface area contributed by atoms with Gasteiger partial charge in [-0.2, -0.15) is 0 Å². The third-order valence-corrected chi connectivity index (χ3v) is 13.1. The SMILES string of the molecule is c1ccc(-c2ccc(N(c3ccc(-c4cc5ccccc5c5ccccc45)cc3)c3cccc4c3sc3ccccc34)cc2-c2ccc3c(c2)oc2ccccc23)cc1. The van der Waals surface area contributed by atoms with Gasteiger partial charge in [0.25, 0.3) is 0 Å². The summed E-state index contributed by atoms with van der Waals surface area (Å²) in [7, 11) is 0. The Morgan fingerprint density at radius 1 is 0.339 bits per heavy atom. The Kier molecular flexibility index (Phi) is 7.75. The molecule has 0 saturated heterocycles. The quantitative estimate of drug-likeness (QED) is 0.157. The molecule has 276 valence electrons. The molecule has 59 heavy (non-hydrogen) atoms. The lowest BCUT2D eigenvalue weighted by atomic mass is 9.92. The molecule has 0 N–H and O–H groups in total. The third kappa shape index (κ3) is 5.55. The summed E-state index contributed by atoms with van der Waals surface area (Å²) in [5, 5.41) is 9.86. The molecule has 0 bridgehead atoms. The van der Waals surface area contributed by atoms with Crippen LogP contribution in [0.15, 0.2) is 217 Å². The molecule has 0 fully saturated rings. The summed E-state index contributed by atoms with van der Waals surface area (Å²) in [5.74, 6) is 0. The van der Waals surface area contributed by atoms with Crippen LogP contribution in [0, 0.1) is 0 Å². The van der Waals surface area contributed by atoms with Gasteiger partial charge in [-0.15, -0.1) is 11.3 Å². The van der Waals surface area contributed by atoms with Gasteiger partial charge < -0.3 is 9.32 Å². The molecule has 0 aliphatic heterocycles. The Bertz CT molecular complexity index is 3560. The molecule has 3 heteroatoms. The van der Waals surface area contributed by atoms with E-state index in [4.69, 9.17) is 4.42 Å². The summed E-state index contributed by atoms with van der Waals surface area (Å²) in [6.45, 7) is 0. The van der Waals surface area contributed by atoms with E-state index >= 15 is 0 Å². The fourth-order valence-electron chi connectivity index (χ4n) is 9.09. The van der Waals surface area contributed by atoms with Crippen LogP contribution < -0.4 is 4.90 Å². The van der Waals surface area contributed by atoms with Crippen molar-refractivity contribution in [3.05, 3.63) is 212 Å². The van der Waals surface area contributed by atoms with Gasteiger partial charge in [-0.1, -0.05) is 152 Å². The highest BCUT2D eigenvalue weighted by atomic mass is 32.1. The number of fused-ring (bicyclic) bond motifs is 9. The van der Waals surface area contributed by atoms with Crippen molar-refractivity contribution in [2.75, 3.05) is 4.90 Å². The van der Waals surface area contributed by atoms with E-state index in [1.54, 1.807) is 0 Å². The molecule has 2 nitrogen and oxygen atoms in total. The second-order valence-corrected chi connectivity index (χ2v) is 16.3. The second-order valence-electron chi connectivity index (χ2n) is 15.2. The van der Waals surface area contributed by atoms with Gasteiger partial charge in [0.15, 0.2) is 0 Å². The molecule has 12 rings (SSSR count). The minimum absolute atomic E-state index is 0.886. The van der Waals surface area contributed by atoms with Crippen LogP contribution in [0.5, 0.6) is 0 Å². The zero-order valence-electron chi connectivity index (χ0n) is 32.0. The van der Waals surface area contributed by atoms with Crippen LogP contribution in [0.3, 0.4) is 0 Å². The third-order valence-electron chi connectivity index (χ3n) is 11.9. The Morgan fingerprint density at radius 2 is 0.983 bits per heavy atom. The van der Waals surface area contributed by atoms with Crippen LogP contribution in [-0.2, 0) is 0 Å². The predicted molar refractivity (Wildman–Crippen MR) is 253 cm³/mol. The molecule has 0 aliphatic rings. The second kappa shape index (κ2) is 13.6. The van der Waals surface area contributed by atoms with E-state index in [0.717, 1.165) is 50.1 Å². The van der Waals surface area contributed by atoms with Crippen molar-refractivity contribution in [2.24, 2.45) is 0 Å².